The predicted octanol–water partition coefficient (Wildman–Crippen LogP) is 1.89. The lowest BCUT2D eigenvalue weighted by molar-refractivity contribution is 0.0985. The molecule has 8 heteroatoms. The number of fused-ring (bicyclic) bond motifs is 1. The lowest BCUT2D eigenvalue weighted by Crippen LogP contribution is -2.38. The van der Waals surface area contributed by atoms with Crippen molar-refractivity contribution < 1.29 is 22.3 Å². The minimum atomic E-state index is -3.74. The van der Waals surface area contributed by atoms with E-state index in [1.54, 1.807) is 6.07 Å². The van der Waals surface area contributed by atoms with E-state index < -0.39 is 27.0 Å². The number of ether oxygens (including phenoxy) is 1. The molecule has 1 aliphatic heterocycles. The van der Waals surface area contributed by atoms with E-state index in [2.05, 4.69) is 4.72 Å². The normalized spacial score (nSPS) is 19.0. The summed E-state index contributed by atoms with van der Waals surface area (Å²) in [6, 6.07) is 5.65. The minimum Gasteiger partial charge on any atom is -0.380 e. The molecule has 1 amide bonds. The van der Waals surface area contributed by atoms with E-state index in [0.29, 0.717) is 18.4 Å². The van der Waals surface area contributed by atoms with Crippen LogP contribution in [0.5, 0.6) is 0 Å². The van der Waals surface area contributed by atoms with E-state index >= 15 is 0 Å². The molecule has 112 valence electrons. The second-order valence-electron chi connectivity index (χ2n) is 4.75. The first kappa shape index (κ1) is 14.4. The number of hydrogen-bond acceptors (Lipinski definition) is 5. The molecule has 0 radical (unpaired) electrons. The molecule has 0 saturated carbocycles. The third-order valence-corrected chi connectivity index (χ3v) is 6.10. The summed E-state index contributed by atoms with van der Waals surface area (Å²) in [5.41, 5.74) is 0. The maximum Gasteiger partial charge on any atom is 0.274 e. The molecule has 1 unspecified atom stereocenters. The number of hydrogen-bond donors (Lipinski definition) is 1. The average molecular weight is 329 g/mol. The van der Waals surface area contributed by atoms with Gasteiger partial charge in [-0.2, -0.15) is 0 Å². The summed E-state index contributed by atoms with van der Waals surface area (Å²) >= 11 is 1.12. The second kappa shape index (κ2) is 5.36. The Morgan fingerprint density at radius 3 is 2.90 bits per heavy atom. The topological polar surface area (TPSA) is 72.5 Å². The number of benzene rings is 1. The zero-order valence-electron chi connectivity index (χ0n) is 10.8. The molecule has 2 heterocycles. The van der Waals surface area contributed by atoms with Crippen molar-refractivity contribution in [3.63, 3.8) is 0 Å². The fourth-order valence-electron chi connectivity index (χ4n) is 2.15. The fourth-order valence-corrected chi connectivity index (χ4v) is 4.37. The Bertz CT molecular complexity index is 794. The molecule has 1 saturated heterocycles. The van der Waals surface area contributed by atoms with Crippen LogP contribution in [0.1, 0.15) is 16.1 Å². The molecule has 21 heavy (non-hydrogen) atoms. The first-order valence-electron chi connectivity index (χ1n) is 6.28. The van der Waals surface area contributed by atoms with Gasteiger partial charge in [0.05, 0.1) is 11.5 Å². The van der Waals surface area contributed by atoms with Gasteiger partial charge in [0.15, 0.2) is 0 Å². The Morgan fingerprint density at radius 2 is 2.19 bits per heavy atom. The highest BCUT2D eigenvalue weighted by molar-refractivity contribution is 7.90. The van der Waals surface area contributed by atoms with E-state index in [4.69, 9.17) is 4.74 Å². The van der Waals surface area contributed by atoms with Gasteiger partial charge in [-0.1, -0.05) is 0 Å². The lowest BCUT2D eigenvalue weighted by Gasteiger charge is -2.10. The maximum atomic E-state index is 13.1. The summed E-state index contributed by atoms with van der Waals surface area (Å²) in [7, 11) is -3.74. The first-order chi connectivity index (χ1) is 9.95. The fraction of sp³-hybridized carbons (Fsp3) is 0.308. The van der Waals surface area contributed by atoms with Crippen LogP contribution in [0.2, 0.25) is 0 Å². The molecule has 1 atom stereocenters. The molecular formula is C13H12FNO4S2. The van der Waals surface area contributed by atoms with Gasteiger partial charge in [-0.05, 0) is 36.1 Å². The van der Waals surface area contributed by atoms with Crippen molar-refractivity contribution in [2.45, 2.75) is 11.7 Å². The maximum absolute atomic E-state index is 13.1. The van der Waals surface area contributed by atoms with Crippen LogP contribution in [0, 0.1) is 5.82 Å². The lowest BCUT2D eigenvalue weighted by atomic mass is 10.2. The number of nitrogens with one attached hydrogen (secondary N) is 1. The number of rotatable bonds is 3. The Balaban J connectivity index is 1.83. The van der Waals surface area contributed by atoms with Gasteiger partial charge in [0.2, 0.25) is 10.0 Å². The Kier molecular flexibility index (Phi) is 3.68. The van der Waals surface area contributed by atoms with Crippen molar-refractivity contribution in [1.82, 2.24) is 4.72 Å². The number of sulfonamides is 1. The first-order valence-corrected chi connectivity index (χ1v) is 8.65. The van der Waals surface area contributed by atoms with Crippen molar-refractivity contribution >= 4 is 37.4 Å². The summed E-state index contributed by atoms with van der Waals surface area (Å²) in [6.45, 7) is 0.474. The van der Waals surface area contributed by atoms with Gasteiger partial charge in [0.25, 0.3) is 5.91 Å². The molecule has 1 aliphatic rings. The van der Waals surface area contributed by atoms with E-state index in [-0.39, 0.29) is 11.5 Å². The molecular weight excluding hydrogens is 317 g/mol. The summed E-state index contributed by atoms with van der Waals surface area (Å²) in [5, 5.41) is -0.125. The van der Waals surface area contributed by atoms with Crippen LogP contribution in [0.15, 0.2) is 24.3 Å². The third kappa shape index (κ3) is 2.92. The molecule has 0 aliphatic carbocycles. The highest BCUT2D eigenvalue weighted by Crippen LogP contribution is 2.26. The van der Waals surface area contributed by atoms with Crippen LogP contribution in [0.3, 0.4) is 0 Å². The van der Waals surface area contributed by atoms with Gasteiger partial charge < -0.3 is 4.74 Å². The van der Waals surface area contributed by atoms with Crippen LogP contribution < -0.4 is 4.72 Å². The van der Waals surface area contributed by atoms with Crippen molar-refractivity contribution in [2.75, 3.05) is 13.2 Å². The van der Waals surface area contributed by atoms with Crippen LogP contribution in [0.4, 0.5) is 4.39 Å². The summed E-state index contributed by atoms with van der Waals surface area (Å²) < 4.78 is 45.0. The molecule has 1 N–H and O–H groups in total. The number of carbonyl (C=O) groups is 1. The molecule has 0 bridgehead atoms. The average Bonchev–Trinajstić information content (AvgIpc) is 3.07. The van der Waals surface area contributed by atoms with E-state index in [1.165, 1.54) is 18.2 Å². The summed E-state index contributed by atoms with van der Waals surface area (Å²) in [6.07, 6.45) is 0.375. The molecule has 3 rings (SSSR count). The monoisotopic (exact) mass is 329 g/mol. The third-order valence-electron chi connectivity index (χ3n) is 3.26. The van der Waals surface area contributed by atoms with Crippen LogP contribution in [0.25, 0.3) is 10.1 Å². The van der Waals surface area contributed by atoms with E-state index in [1.807, 2.05) is 0 Å². The van der Waals surface area contributed by atoms with Gasteiger partial charge in [-0.15, -0.1) is 11.3 Å². The number of amides is 1. The van der Waals surface area contributed by atoms with Crippen molar-refractivity contribution in [1.29, 1.82) is 0 Å². The molecule has 2 aromatic rings. The van der Waals surface area contributed by atoms with Crippen LogP contribution >= 0.6 is 11.3 Å². The van der Waals surface area contributed by atoms with Gasteiger partial charge in [0, 0.05) is 11.3 Å². The minimum absolute atomic E-state index is 0.0975. The second-order valence-corrected chi connectivity index (χ2v) is 7.80. The zero-order chi connectivity index (χ0) is 15.0. The van der Waals surface area contributed by atoms with E-state index in [0.717, 1.165) is 16.0 Å². The van der Waals surface area contributed by atoms with Gasteiger partial charge in [0.1, 0.15) is 11.1 Å². The van der Waals surface area contributed by atoms with Crippen LogP contribution in [-0.4, -0.2) is 32.8 Å². The van der Waals surface area contributed by atoms with Crippen molar-refractivity contribution in [2.24, 2.45) is 0 Å². The summed E-state index contributed by atoms with van der Waals surface area (Å²) in [4.78, 5) is 12.3. The molecule has 1 aromatic carbocycles. The van der Waals surface area contributed by atoms with Crippen LogP contribution in [-0.2, 0) is 14.8 Å². The zero-order valence-corrected chi connectivity index (χ0v) is 12.5. The standard InChI is InChI=1S/C13H12FNO4S2/c14-9-1-2-11-8(5-9)6-12(20-11)13(16)15-21(17,18)10-3-4-19-7-10/h1-2,5-6,10H,3-4,7H2,(H,15,16). The largest absolute Gasteiger partial charge is 0.380 e. The van der Waals surface area contributed by atoms with Gasteiger partial charge >= 0.3 is 0 Å². The number of halogens is 1. The van der Waals surface area contributed by atoms with E-state index in [9.17, 15) is 17.6 Å². The predicted molar refractivity (Wildman–Crippen MR) is 77.4 cm³/mol. The van der Waals surface area contributed by atoms with Gasteiger partial charge in [-0.3, -0.25) is 4.79 Å². The molecule has 1 fully saturated rings. The Hall–Kier alpha value is -1.51. The summed E-state index contributed by atoms with van der Waals surface area (Å²) in [5.74, 6) is -1.09. The highest BCUT2D eigenvalue weighted by Gasteiger charge is 2.31. The number of carbonyl (C=O) groups excluding carboxylic acids is 1. The van der Waals surface area contributed by atoms with Crippen molar-refractivity contribution in [3.8, 4) is 0 Å². The Morgan fingerprint density at radius 1 is 1.38 bits per heavy atom. The molecule has 1 aromatic heterocycles. The quantitative estimate of drug-likeness (QED) is 0.933. The SMILES string of the molecule is O=C(NS(=O)(=O)C1CCOC1)c1cc2cc(F)ccc2s1. The van der Waals surface area contributed by atoms with Crippen molar-refractivity contribution in [3.05, 3.63) is 35.0 Å². The number of thiophene rings is 1. The van der Waals surface area contributed by atoms with Gasteiger partial charge in [-0.25, -0.2) is 17.5 Å². The highest BCUT2D eigenvalue weighted by atomic mass is 32.2. The molecule has 0 spiro atoms. The Labute approximate surface area is 124 Å². The smallest absolute Gasteiger partial charge is 0.274 e. The molecule has 5 nitrogen and oxygen atoms in total.